The van der Waals surface area contributed by atoms with Gasteiger partial charge < -0.3 is 15.5 Å². The number of fused-ring (bicyclic) bond motifs is 1. The van der Waals surface area contributed by atoms with Gasteiger partial charge in [0.2, 0.25) is 0 Å². The zero-order valence-electron chi connectivity index (χ0n) is 16.6. The Kier molecular flexibility index (Phi) is 4.79. The van der Waals surface area contributed by atoms with Crippen molar-refractivity contribution >= 4 is 34.4 Å². The first-order valence-corrected chi connectivity index (χ1v) is 10.8. The van der Waals surface area contributed by atoms with Crippen LogP contribution in [0.5, 0.6) is 0 Å². The average Bonchev–Trinajstić information content (AvgIpc) is 3.41. The standard InChI is InChI=1S/C22H19FN6OS/c23-14-6-8-28(12-14)19-5-4-13(11-26-19)21-27-17-7-9-29(22(30)20(17)31-21)18-3-1-2-16(25)15(18)10-24/h1-5,11,14H,6-9,12,25H2. The van der Waals surface area contributed by atoms with Gasteiger partial charge in [-0.25, -0.2) is 14.4 Å². The van der Waals surface area contributed by atoms with E-state index in [4.69, 9.17) is 5.73 Å². The number of nitriles is 1. The quantitative estimate of drug-likeness (QED) is 0.634. The Balaban J connectivity index is 1.42. The van der Waals surface area contributed by atoms with E-state index in [0.29, 0.717) is 54.3 Å². The summed E-state index contributed by atoms with van der Waals surface area (Å²) in [5.41, 5.74) is 8.68. The Labute approximate surface area is 182 Å². The van der Waals surface area contributed by atoms with Gasteiger partial charge in [0, 0.05) is 31.3 Å². The molecule has 3 aromatic rings. The highest BCUT2D eigenvalue weighted by atomic mass is 32.1. The van der Waals surface area contributed by atoms with Crippen LogP contribution < -0.4 is 15.5 Å². The van der Waals surface area contributed by atoms with Crippen LogP contribution in [0.1, 0.15) is 27.3 Å². The van der Waals surface area contributed by atoms with Crippen molar-refractivity contribution in [2.75, 3.05) is 35.2 Å². The molecule has 0 aliphatic carbocycles. The summed E-state index contributed by atoms with van der Waals surface area (Å²) in [6.45, 7) is 1.47. The van der Waals surface area contributed by atoms with Crippen LogP contribution in [0, 0.1) is 11.3 Å². The number of thiazole rings is 1. The lowest BCUT2D eigenvalue weighted by Gasteiger charge is -2.27. The zero-order chi connectivity index (χ0) is 21.5. The van der Waals surface area contributed by atoms with Gasteiger partial charge in [0.05, 0.1) is 29.2 Å². The predicted octanol–water partition coefficient (Wildman–Crippen LogP) is 3.41. The Bertz CT molecular complexity index is 1200. The molecule has 2 aromatic heterocycles. The van der Waals surface area contributed by atoms with Crippen molar-refractivity contribution in [1.82, 2.24) is 9.97 Å². The molecule has 7 nitrogen and oxygen atoms in total. The number of pyridine rings is 1. The van der Waals surface area contributed by atoms with Crippen LogP contribution in [0.15, 0.2) is 36.5 Å². The number of halogens is 1. The number of hydrogen-bond donors (Lipinski definition) is 1. The summed E-state index contributed by atoms with van der Waals surface area (Å²) >= 11 is 1.32. The minimum absolute atomic E-state index is 0.178. The first kappa shape index (κ1) is 19.5. The smallest absolute Gasteiger partial charge is 0.270 e. The lowest BCUT2D eigenvalue weighted by molar-refractivity contribution is 0.0984. The maximum absolute atomic E-state index is 13.5. The molecule has 156 valence electrons. The highest BCUT2D eigenvalue weighted by molar-refractivity contribution is 7.17. The molecule has 1 atom stereocenters. The Hall–Kier alpha value is -3.51. The number of carbonyl (C=O) groups excluding carboxylic acids is 1. The van der Waals surface area contributed by atoms with Crippen LogP contribution >= 0.6 is 11.3 Å². The Morgan fingerprint density at radius 3 is 2.84 bits per heavy atom. The summed E-state index contributed by atoms with van der Waals surface area (Å²) in [5, 5.41) is 10.2. The molecule has 1 amide bonds. The minimum Gasteiger partial charge on any atom is -0.398 e. The average molecular weight is 435 g/mol. The maximum atomic E-state index is 13.5. The van der Waals surface area contributed by atoms with Crippen molar-refractivity contribution < 1.29 is 9.18 Å². The lowest BCUT2D eigenvalue weighted by Crippen LogP contribution is -2.37. The number of hydrogen-bond acceptors (Lipinski definition) is 7. The number of carbonyl (C=O) groups is 1. The van der Waals surface area contributed by atoms with E-state index in [1.807, 2.05) is 17.0 Å². The van der Waals surface area contributed by atoms with Gasteiger partial charge in [-0.05, 0) is 30.7 Å². The number of benzene rings is 1. The second-order valence-electron chi connectivity index (χ2n) is 7.59. The number of alkyl halides is 1. The van der Waals surface area contributed by atoms with Gasteiger partial charge in [-0.1, -0.05) is 6.07 Å². The van der Waals surface area contributed by atoms with Crippen LogP contribution in [0.25, 0.3) is 10.6 Å². The van der Waals surface area contributed by atoms with Gasteiger partial charge in [0.15, 0.2) is 0 Å². The number of amides is 1. The molecule has 0 spiro atoms. The van der Waals surface area contributed by atoms with E-state index in [0.717, 1.165) is 22.1 Å². The van der Waals surface area contributed by atoms with E-state index in [1.54, 1.807) is 29.3 Å². The largest absolute Gasteiger partial charge is 0.398 e. The number of nitrogens with zero attached hydrogens (tertiary/aromatic N) is 5. The van der Waals surface area contributed by atoms with Gasteiger partial charge in [0.1, 0.15) is 27.9 Å². The van der Waals surface area contributed by atoms with E-state index < -0.39 is 6.17 Å². The van der Waals surface area contributed by atoms with E-state index in [2.05, 4.69) is 16.0 Å². The minimum atomic E-state index is -0.803. The van der Waals surface area contributed by atoms with Gasteiger partial charge >= 0.3 is 0 Å². The van der Waals surface area contributed by atoms with Crippen LogP contribution in [-0.4, -0.2) is 41.7 Å². The summed E-state index contributed by atoms with van der Waals surface area (Å²) in [4.78, 5) is 26.4. The van der Waals surface area contributed by atoms with Gasteiger partial charge in [0.25, 0.3) is 5.91 Å². The predicted molar refractivity (Wildman–Crippen MR) is 118 cm³/mol. The molecule has 0 saturated carbocycles. The SMILES string of the molecule is N#Cc1c(N)cccc1N1CCc2nc(-c3ccc(N4CCC(F)C4)nc3)sc2C1=O. The summed E-state index contributed by atoms with van der Waals surface area (Å²) in [7, 11) is 0. The second kappa shape index (κ2) is 7.63. The molecule has 1 aromatic carbocycles. The molecular weight excluding hydrogens is 415 g/mol. The first-order chi connectivity index (χ1) is 15.0. The highest BCUT2D eigenvalue weighted by Gasteiger charge is 2.31. The molecule has 9 heteroatoms. The number of rotatable bonds is 3. The molecule has 1 fully saturated rings. The van der Waals surface area contributed by atoms with E-state index in [1.165, 1.54) is 11.3 Å². The van der Waals surface area contributed by atoms with Crippen LogP contribution in [0.2, 0.25) is 0 Å². The number of nitrogen functional groups attached to an aromatic ring is 1. The fourth-order valence-corrected chi connectivity index (χ4v) is 5.06. The monoisotopic (exact) mass is 434 g/mol. The Morgan fingerprint density at radius 2 is 2.13 bits per heavy atom. The van der Waals surface area contributed by atoms with Crippen LogP contribution in [0.3, 0.4) is 0 Å². The molecule has 0 radical (unpaired) electrons. The third-order valence-corrected chi connectivity index (χ3v) is 6.77. The van der Waals surface area contributed by atoms with Gasteiger partial charge in [-0.2, -0.15) is 5.26 Å². The normalized spacial score (nSPS) is 18.2. The van der Waals surface area contributed by atoms with Crippen molar-refractivity contribution in [3.05, 3.63) is 52.7 Å². The maximum Gasteiger partial charge on any atom is 0.270 e. The number of anilines is 3. The highest BCUT2D eigenvalue weighted by Crippen LogP contribution is 2.35. The van der Waals surface area contributed by atoms with E-state index in [9.17, 15) is 14.4 Å². The topological polar surface area (TPSA) is 99.1 Å². The van der Waals surface area contributed by atoms with Crippen molar-refractivity contribution in [2.24, 2.45) is 0 Å². The molecule has 1 unspecified atom stereocenters. The summed E-state index contributed by atoms with van der Waals surface area (Å²) < 4.78 is 13.5. The third kappa shape index (κ3) is 3.39. The summed E-state index contributed by atoms with van der Waals surface area (Å²) in [5.74, 6) is 0.570. The molecule has 2 aliphatic rings. The fourth-order valence-electron chi connectivity index (χ4n) is 4.01. The molecule has 1 saturated heterocycles. The third-order valence-electron chi connectivity index (χ3n) is 5.64. The Morgan fingerprint density at radius 1 is 1.26 bits per heavy atom. The van der Waals surface area contributed by atoms with Crippen molar-refractivity contribution in [3.8, 4) is 16.6 Å². The summed E-state index contributed by atoms with van der Waals surface area (Å²) in [6.07, 6.45) is 2.04. The van der Waals surface area contributed by atoms with Gasteiger partial charge in [-0.15, -0.1) is 11.3 Å². The van der Waals surface area contributed by atoms with Gasteiger partial charge in [-0.3, -0.25) is 4.79 Å². The molecule has 31 heavy (non-hydrogen) atoms. The second-order valence-corrected chi connectivity index (χ2v) is 8.59. The van der Waals surface area contributed by atoms with Crippen molar-refractivity contribution in [2.45, 2.75) is 19.0 Å². The molecule has 4 heterocycles. The first-order valence-electron chi connectivity index (χ1n) is 10.0. The molecule has 2 aliphatic heterocycles. The fraction of sp³-hybridized carbons (Fsp3) is 0.273. The zero-order valence-corrected chi connectivity index (χ0v) is 17.4. The molecule has 0 bridgehead atoms. The van der Waals surface area contributed by atoms with E-state index >= 15 is 0 Å². The van der Waals surface area contributed by atoms with Crippen molar-refractivity contribution in [3.63, 3.8) is 0 Å². The lowest BCUT2D eigenvalue weighted by atomic mass is 10.1. The van der Waals surface area contributed by atoms with E-state index in [-0.39, 0.29) is 5.91 Å². The molecule has 2 N–H and O–H groups in total. The van der Waals surface area contributed by atoms with Crippen molar-refractivity contribution in [1.29, 1.82) is 5.26 Å². The van der Waals surface area contributed by atoms with Crippen LogP contribution in [0.4, 0.5) is 21.6 Å². The molecular formula is C22H19FN6OS. The number of aromatic nitrogens is 2. The molecule has 5 rings (SSSR count). The number of nitrogens with two attached hydrogens (primary N) is 1. The van der Waals surface area contributed by atoms with Crippen LogP contribution in [-0.2, 0) is 6.42 Å². The summed E-state index contributed by atoms with van der Waals surface area (Å²) in [6, 6.07) is 11.0.